The van der Waals surface area contributed by atoms with Crippen LogP contribution in [0.3, 0.4) is 0 Å². The molecule has 2 rings (SSSR count). The molecule has 1 aromatic rings. The lowest BCUT2D eigenvalue weighted by molar-refractivity contribution is 0.277. The molecule has 0 aromatic carbocycles. The zero-order valence-corrected chi connectivity index (χ0v) is 11.0. The molecule has 1 atom stereocenters. The molecule has 0 spiro atoms. The van der Waals surface area contributed by atoms with Crippen LogP contribution in [-0.4, -0.2) is 31.1 Å². The Morgan fingerprint density at radius 1 is 1.41 bits per heavy atom. The summed E-state index contributed by atoms with van der Waals surface area (Å²) in [6.45, 7) is 5.33. The molecule has 0 radical (unpaired) electrons. The number of hydrogen-bond donors (Lipinski definition) is 1. The van der Waals surface area contributed by atoms with Gasteiger partial charge in [-0.3, -0.25) is 0 Å². The van der Waals surface area contributed by atoms with Gasteiger partial charge in [-0.2, -0.15) is 0 Å². The van der Waals surface area contributed by atoms with Crippen molar-refractivity contribution < 1.29 is 4.42 Å². The smallest absolute Gasteiger partial charge is 0.105 e. The minimum atomic E-state index is 0.662. The van der Waals surface area contributed by atoms with E-state index in [1.165, 1.54) is 37.8 Å². The summed E-state index contributed by atoms with van der Waals surface area (Å²) in [5.41, 5.74) is 1.31. The van der Waals surface area contributed by atoms with Gasteiger partial charge in [-0.25, -0.2) is 0 Å². The van der Waals surface area contributed by atoms with Gasteiger partial charge in [-0.05, 0) is 39.4 Å². The number of nitrogens with one attached hydrogen (secondary N) is 1. The minimum Gasteiger partial charge on any atom is -0.469 e. The molecule has 0 aliphatic carbocycles. The fourth-order valence-corrected chi connectivity index (χ4v) is 2.56. The second-order valence-electron chi connectivity index (χ2n) is 5.20. The molecule has 1 N–H and O–H groups in total. The second-order valence-corrected chi connectivity index (χ2v) is 5.20. The van der Waals surface area contributed by atoms with E-state index in [0.717, 1.165) is 18.8 Å². The Labute approximate surface area is 104 Å². The van der Waals surface area contributed by atoms with Crippen LogP contribution in [0.15, 0.2) is 16.7 Å². The first-order chi connectivity index (χ1) is 8.25. The summed E-state index contributed by atoms with van der Waals surface area (Å²) < 4.78 is 5.33. The van der Waals surface area contributed by atoms with Crippen molar-refractivity contribution in [2.24, 2.45) is 0 Å². The van der Waals surface area contributed by atoms with E-state index >= 15 is 0 Å². The molecular formula is C14H24N2O. The zero-order valence-electron chi connectivity index (χ0n) is 11.0. The lowest BCUT2D eigenvalue weighted by Crippen LogP contribution is -2.38. The summed E-state index contributed by atoms with van der Waals surface area (Å²) in [4.78, 5) is 2.39. The van der Waals surface area contributed by atoms with Crippen molar-refractivity contribution in [3.63, 3.8) is 0 Å². The number of hydrogen-bond acceptors (Lipinski definition) is 3. The molecule has 2 heterocycles. The number of nitrogens with zero attached hydrogens (tertiary/aromatic N) is 1. The zero-order chi connectivity index (χ0) is 12.1. The summed E-state index contributed by atoms with van der Waals surface area (Å²) in [7, 11) is 2.19. The third kappa shape index (κ3) is 3.86. The van der Waals surface area contributed by atoms with Crippen molar-refractivity contribution in [1.82, 2.24) is 10.2 Å². The Bertz CT molecular complexity index is 327. The molecule has 1 fully saturated rings. The van der Waals surface area contributed by atoms with Gasteiger partial charge < -0.3 is 14.6 Å². The van der Waals surface area contributed by atoms with Gasteiger partial charge in [-0.1, -0.05) is 12.8 Å². The van der Waals surface area contributed by atoms with Crippen molar-refractivity contribution in [3.8, 4) is 0 Å². The molecule has 3 nitrogen and oxygen atoms in total. The van der Waals surface area contributed by atoms with Crippen molar-refractivity contribution >= 4 is 0 Å². The van der Waals surface area contributed by atoms with E-state index in [1.807, 2.05) is 6.92 Å². The maximum Gasteiger partial charge on any atom is 0.105 e. The minimum absolute atomic E-state index is 0.662. The molecule has 1 saturated heterocycles. The van der Waals surface area contributed by atoms with E-state index in [4.69, 9.17) is 4.42 Å². The van der Waals surface area contributed by atoms with Crippen LogP contribution >= 0.6 is 0 Å². The Hall–Kier alpha value is -0.800. The number of rotatable bonds is 4. The summed E-state index contributed by atoms with van der Waals surface area (Å²) in [6.07, 6.45) is 7.18. The lowest BCUT2D eigenvalue weighted by atomic mass is 10.1. The summed E-state index contributed by atoms with van der Waals surface area (Å²) in [6, 6.07) is 2.74. The SMILES string of the molecule is Cc1occc1CN(C)CC1CCCCCN1. The Morgan fingerprint density at radius 2 is 2.29 bits per heavy atom. The quantitative estimate of drug-likeness (QED) is 0.871. The highest BCUT2D eigenvalue weighted by Crippen LogP contribution is 2.13. The first-order valence-electron chi connectivity index (χ1n) is 6.70. The highest BCUT2D eigenvalue weighted by atomic mass is 16.3. The van der Waals surface area contributed by atoms with Crippen LogP contribution in [0.2, 0.25) is 0 Å². The standard InChI is InChI=1S/C14H24N2O/c1-12-13(7-9-17-12)10-16(2)11-14-6-4-3-5-8-15-14/h7,9,14-15H,3-6,8,10-11H2,1-2H3. The van der Waals surface area contributed by atoms with Crippen molar-refractivity contribution in [3.05, 3.63) is 23.7 Å². The molecule has 1 aromatic heterocycles. The average Bonchev–Trinajstić information content (AvgIpc) is 2.55. The Balaban J connectivity index is 1.80. The number of aryl methyl sites for hydroxylation is 1. The maximum atomic E-state index is 5.33. The van der Waals surface area contributed by atoms with Gasteiger partial charge in [0.1, 0.15) is 5.76 Å². The van der Waals surface area contributed by atoms with Crippen LogP contribution < -0.4 is 5.32 Å². The van der Waals surface area contributed by atoms with Crippen LogP contribution in [0.1, 0.15) is 37.0 Å². The highest BCUT2D eigenvalue weighted by molar-refractivity contribution is 5.15. The molecule has 0 bridgehead atoms. The molecular weight excluding hydrogens is 212 g/mol. The predicted molar refractivity (Wildman–Crippen MR) is 70.0 cm³/mol. The van der Waals surface area contributed by atoms with Crippen molar-refractivity contribution in [1.29, 1.82) is 0 Å². The highest BCUT2D eigenvalue weighted by Gasteiger charge is 2.14. The molecule has 1 unspecified atom stereocenters. The molecule has 0 amide bonds. The summed E-state index contributed by atoms with van der Waals surface area (Å²) >= 11 is 0. The van der Waals surface area contributed by atoms with E-state index in [-0.39, 0.29) is 0 Å². The van der Waals surface area contributed by atoms with Crippen LogP contribution in [0.25, 0.3) is 0 Å². The fourth-order valence-electron chi connectivity index (χ4n) is 2.56. The Morgan fingerprint density at radius 3 is 3.06 bits per heavy atom. The van der Waals surface area contributed by atoms with Crippen LogP contribution in [0, 0.1) is 6.92 Å². The van der Waals surface area contributed by atoms with E-state index < -0.39 is 0 Å². The first kappa shape index (κ1) is 12.7. The van der Waals surface area contributed by atoms with Gasteiger partial charge in [0.25, 0.3) is 0 Å². The lowest BCUT2D eigenvalue weighted by Gasteiger charge is -2.23. The van der Waals surface area contributed by atoms with Crippen LogP contribution in [-0.2, 0) is 6.54 Å². The third-order valence-corrected chi connectivity index (χ3v) is 3.60. The van der Waals surface area contributed by atoms with Gasteiger partial charge in [0.15, 0.2) is 0 Å². The number of furan rings is 1. The molecule has 1 aliphatic heterocycles. The molecule has 17 heavy (non-hydrogen) atoms. The van der Waals surface area contributed by atoms with E-state index in [9.17, 15) is 0 Å². The van der Waals surface area contributed by atoms with Crippen LogP contribution in [0.4, 0.5) is 0 Å². The third-order valence-electron chi connectivity index (χ3n) is 3.60. The van der Waals surface area contributed by atoms with Gasteiger partial charge in [0.05, 0.1) is 6.26 Å². The monoisotopic (exact) mass is 236 g/mol. The average molecular weight is 236 g/mol. The Kier molecular flexibility index (Phi) is 4.63. The largest absolute Gasteiger partial charge is 0.469 e. The van der Waals surface area contributed by atoms with Gasteiger partial charge in [0.2, 0.25) is 0 Å². The molecule has 0 saturated carbocycles. The molecule has 1 aliphatic rings. The summed E-state index contributed by atoms with van der Waals surface area (Å²) in [5, 5.41) is 3.64. The topological polar surface area (TPSA) is 28.4 Å². The van der Waals surface area contributed by atoms with Crippen LogP contribution in [0.5, 0.6) is 0 Å². The molecule has 3 heteroatoms. The van der Waals surface area contributed by atoms with E-state index in [0.29, 0.717) is 6.04 Å². The van der Waals surface area contributed by atoms with E-state index in [1.54, 1.807) is 6.26 Å². The van der Waals surface area contributed by atoms with Gasteiger partial charge in [0, 0.05) is 24.7 Å². The summed E-state index contributed by atoms with van der Waals surface area (Å²) in [5.74, 6) is 1.05. The molecule has 96 valence electrons. The second kappa shape index (κ2) is 6.22. The number of likely N-dealkylation sites (N-methyl/N-ethyl adjacent to an activating group) is 1. The first-order valence-corrected chi connectivity index (χ1v) is 6.70. The maximum absolute atomic E-state index is 5.33. The fraction of sp³-hybridized carbons (Fsp3) is 0.714. The van der Waals surface area contributed by atoms with E-state index in [2.05, 4.69) is 23.3 Å². The van der Waals surface area contributed by atoms with Crippen molar-refractivity contribution in [2.75, 3.05) is 20.1 Å². The van der Waals surface area contributed by atoms with Gasteiger partial charge in [-0.15, -0.1) is 0 Å². The predicted octanol–water partition coefficient (Wildman–Crippen LogP) is 2.55. The van der Waals surface area contributed by atoms with Gasteiger partial charge >= 0.3 is 0 Å². The van der Waals surface area contributed by atoms with Crippen molar-refractivity contribution in [2.45, 2.75) is 45.2 Å². The normalized spacial score (nSPS) is 21.7.